The van der Waals surface area contributed by atoms with Crippen molar-refractivity contribution in [1.82, 2.24) is 0 Å². The third kappa shape index (κ3) is 14.4. The Morgan fingerprint density at radius 2 is 0.638 bits per heavy atom. The molecule has 0 N–H and O–H groups in total. The topological polar surface area (TPSA) is 185 Å². The van der Waals surface area contributed by atoms with E-state index in [1.54, 1.807) is 43.3 Å². The van der Waals surface area contributed by atoms with E-state index in [9.17, 15) is 28.8 Å². The summed E-state index contributed by atoms with van der Waals surface area (Å²) in [5.41, 5.74) is 1.17. The van der Waals surface area contributed by atoms with Crippen molar-refractivity contribution in [3.63, 3.8) is 0 Å². The summed E-state index contributed by atoms with van der Waals surface area (Å²) in [5.74, 6) is -2.93. The van der Waals surface area contributed by atoms with Crippen molar-refractivity contribution in [2.45, 2.75) is 98.3 Å². The van der Waals surface area contributed by atoms with Gasteiger partial charge in [0.15, 0.2) is 0 Å². The van der Waals surface area contributed by atoms with Gasteiger partial charge in [-0.2, -0.15) is 14.4 Å². The van der Waals surface area contributed by atoms with Crippen LogP contribution in [0.15, 0.2) is 72.8 Å². The Hall–Kier alpha value is -6.12. The van der Waals surface area contributed by atoms with E-state index in [4.69, 9.17) is 14.2 Å². The van der Waals surface area contributed by atoms with Gasteiger partial charge in [0.05, 0.1) is 22.1 Å². The lowest BCUT2D eigenvalue weighted by Gasteiger charge is -2.30. The molecule has 0 aliphatic heterocycles. The SMILES string of the molecule is CCCC(COC(=O)OOC(=O)c1ccc(C(C)(C)C)cc1)(COC(=O)OOC(=O)c1ccc(C(C)(C)C)cc1)COC(=O)OOC(=O)c1ccc(C(C)(C)C)cc1. The molecule has 0 amide bonds. The summed E-state index contributed by atoms with van der Waals surface area (Å²) in [5, 5.41) is 0. The van der Waals surface area contributed by atoms with Gasteiger partial charge < -0.3 is 14.2 Å². The molecule has 0 heterocycles. The van der Waals surface area contributed by atoms with Crippen molar-refractivity contribution >= 4 is 36.4 Å². The molecule has 0 spiro atoms. The lowest BCUT2D eigenvalue weighted by atomic mass is 9.86. The van der Waals surface area contributed by atoms with Crippen LogP contribution in [0.1, 0.15) is 130 Å². The number of ether oxygens (including phenoxy) is 3. The van der Waals surface area contributed by atoms with E-state index in [1.165, 1.54) is 36.4 Å². The Morgan fingerprint density at radius 3 is 0.845 bits per heavy atom. The van der Waals surface area contributed by atoms with Crippen molar-refractivity contribution in [2.24, 2.45) is 5.41 Å². The summed E-state index contributed by atoms with van der Waals surface area (Å²) in [6.07, 6.45) is -3.94. The van der Waals surface area contributed by atoms with E-state index in [-0.39, 0.29) is 39.4 Å². The molecule has 15 heteroatoms. The molecule has 0 saturated carbocycles. The number of carbonyl (C=O) groups is 6. The minimum atomic E-state index is -1.52. The molecular formula is C43H52O15. The van der Waals surface area contributed by atoms with Crippen molar-refractivity contribution in [2.75, 3.05) is 19.8 Å². The number of benzene rings is 3. The van der Waals surface area contributed by atoms with Crippen molar-refractivity contribution in [3.8, 4) is 0 Å². The molecule has 3 aromatic carbocycles. The molecule has 58 heavy (non-hydrogen) atoms. The Morgan fingerprint density at radius 1 is 0.397 bits per heavy atom. The second kappa shape index (κ2) is 19.8. The van der Waals surface area contributed by atoms with E-state index < -0.39 is 61.6 Å². The van der Waals surface area contributed by atoms with Crippen LogP contribution >= 0.6 is 0 Å². The predicted octanol–water partition coefficient (Wildman–Crippen LogP) is 9.44. The lowest BCUT2D eigenvalue weighted by molar-refractivity contribution is -0.217. The van der Waals surface area contributed by atoms with Gasteiger partial charge in [-0.05, 0) is 75.8 Å². The van der Waals surface area contributed by atoms with Gasteiger partial charge in [-0.1, -0.05) is 112 Å². The molecule has 15 nitrogen and oxygen atoms in total. The summed E-state index contributed by atoms with van der Waals surface area (Å²) in [4.78, 5) is 103. The first-order chi connectivity index (χ1) is 27.0. The van der Waals surface area contributed by atoms with Crippen LogP contribution in [0.3, 0.4) is 0 Å². The van der Waals surface area contributed by atoms with E-state index >= 15 is 0 Å². The third-order valence-electron chi connectivity index (χ3n) is 8.79. The minimum absolute atomic E-state index is 0.0700. The highest BCUT2D eigenvalue weighted by atomic mass is 17.2. The first-order valence-corrected chi connectivity index (χ1v) is 18.5. The zero-order chi connectivity index (χ0) is 43.3. The quantitative estimate of drug-likeness (QED) is 0.0771. The predicted molar refractivity (Wildman–Crippen MR) is 206 cm³/mol. The summed E-state index contributed by atoms with van der Waals surface area (Å²) in [6.45, 7) is 17.9. The maximum Gasteiger partial charge on any atom is 0.549 e. The van der Waals surface area contributed by atoms with Crippen LogP contribution in [0.4, 0.5) is 14.4 Å². The zero-order valence-corrected chi connectivity index (χ0v) is 34.6. The normalized spacial score (nSPS) is 11.7. The number of hydrogen-bond donors (Lipinski definition) is 0. The fourth-order valence-corrected chi connectivity index (χ4v) is 5.26. The molecule has 0 atom stereocenters. The van der Waals surface area contributed by atoms with Crippen LogP contribution in [0, 0.1) is 5.41 Å². The standard InChI is InChI=1S/C43H52O15/c1-11-24-43(25-50-37(47)56-53-34(44)28-12-18-31(19-13-28)40(2,3)4,26-51-38(48)57-54-35(45)29-14-20-32(21-15-29)41(5,6)7)27-52-39(49)58-55-36(46)30-16-22-33(23-17-30)42(8,9)10/h12-23H,11,24-27H2,1-10H3. The van der Waals surface area contributed by atoms with Crippen molar-refractivity contribution in [3.05, 3.63) is 106 Å². The highest BCUT2D eigenvalue weighted by molar-refractivity contribution is 5.90. The Kier molecular flexibility index (Phi) is 15.8. The Bertz CT molecular complexity index is 1660. The van der Waals surface area contributed by atoms with Gasteiger partial charge >= 0.3 is 36.4 Å². The first-order valence-electron chi connectivity index (χ1n) is 18.5. The van der Waals surface area contributed by atoms with Crippen LogP contribution in [-0.4, -0.2) is 56.2 Å². The van der Waals surface area contributed by atoms with Crippen LogP contribution in [0.2, 0.25) is 0 Å². The van der Waals surface area contributed by atoms with Gasteiger partial charge in [-0.15, -0.1) is 0 Å². The molecule has 3 rings (SSSR count). The van der Waals surface area contributed by atoms with Crippen LogP contribution < -0.4 is 0 Å². The molecule has 0 fully saturated rings. The van der Waals surface area contributed by atoms with Gasteiger partial charge in [0.2, 0.25) is 0 Å². The van der Waals surface area contributed by atoms with Gasteiger partial charge in [0.25, 0.3) is 0 Å². The van der Waals surface area contributed by atoms with Crippen molar-refractivity contribution < 1.29 is 72.3 Å². The summed E-state index contributed by atoms with van der Waals surface area (Å²) in [6, 6.07) is 19.5. The van der Waals surface area contributed by atoms with Gasteiger partial charge in [0.1, 0.15) is 19.8 Å². The summed E-state index contributed by atoms with van der Waals surface area (Å²) < 4.78 is 15.5. The lowest BCUT2D eigenvalue weighted by Crippen LogP contribution is -2.40. The monoisotopic (exact) mass is 808 g/mol. The molecule has 0 aliphatic carbocycles. The largest absolute Gasteiger partial charge is 0.549 e. The summed E-state index contributed by atoms with van der Waals surface area (Å²) in [7, 11) is 0. The molecule has 0 radical (unpaired) electrons. The van der Waals surface area contributed by atoms with Gasteiger partial charge in [-0.3, -0.25) is 0 Å². The highest BCUT2D eigenvalue weighted by Crippen LogP contribution is 2.28. The molecule has 0 bridgehead atoms. The highest BCUT2D eigenvalue weighted by Gasteiger charge is 2.37. The van der Waals surface area contributed by atoms with Crippen LogP contribution in [-0.2, 0) is 59.8 Å². The minimum Gasteiger partial charge on any atom is -0.431 e. The fraction of sp³-hybridized carbons (Fsp3) is 0.442. The average molecular weight is 809 g/mol. The number of rotatable bonds is 11. The number of hydrogen-bond acceptors (Lipinski definition) is 15. The Labute approximate surface area is 337 Å². The fourth-order valence-electron chi connectivity index (χ4n) is 5.26. The van der Waals surface area contributed by atoms with E-state index in [0.29, 0.717) is 6.42 Å². The molecule has 0 unspecified atom stereocenters. The first kappa shape index (κ1) is 46.3. The molecule has 0 aromatic heterocycles. The average Bonchev–Trinajstić information content (AvgIpc) is 3.17. The maximum absolute atomic E-state index is 12.6. The third-order valence-corrected chi connectivity index (χ3v) is 8.79. The van der Waals surface area contributed by atoms with Gasteiger partial charge in [0, 0.05) is 0 Å². The zero-order valence-electron chi connectivity index (χ0n) is 34.6. The Balaban J connectivity index is 1.65. The number of carbonyl (C=O) groups excluding carboxylic acids is 6. The van der Waals surface area contributed by atoms with E-state index in [2.05, 4.69) is 29.3 Å². The summed E-state index contributed by atoms with van der Waals surface area (Å²) >= 11 is 0. The molecule has 0 saturated heterocycles. The van der Waals surface area contributed by atoms with Crippen LogP contribution in [0.5, 0.6) is 0 Å². The van der Waals surface area contributed by atoms with Crippen molar-refractivity contribution in [1.29, 1.82) is 0 Å². The van der Waals surface area contributed by atoms with Gasteiger partial charge in [-0.25, -0.2) is 43.7 Å². The van der Waals surface area contributed by atoms with E-state index in [0.717, 1.165) is 16.7 Å². The second-order valence-electron chi connectivity index (χ2n) is 16.7. The molecule has 0 aliphatic rings. The molecule has 3 aromatic rings. The molecule has 314 valence electrons. The van der Waals surface area contributed by atoms with E-state index in [1.807, 2.05) is 62.3 Å². The maximum atomic E-state index is 12.6. The van der Waals surface area contributed by atoms with Crippen LogP contribution in [0.25, 0.3) is 0 Å². The second-order valence-corrected chi connectivity index (χ2v) is 16.7. The molecular weight excluding hydrogens is 756 g/mol. The smallest absolute Gasteiger partial charge is 0.431 e.